The highest BCUT2D eigenvalue weighted by Crippen LogP contribution is 2.23. The predicted octanol–water partition coefficient (Wildman–Crippen LogP) is 5.33. The van der Waals surface area contributed by atoms with Gasteiger partial charge in [0.15, 0.2) is 0 Å². The van der Waals surface area contributed by atoms with Crippen molar-refractivity contribution in [2.45, 2.75) is 57.2 Å². The minimum Gasteiger partial charge on any atom is -0.352 e. The zero-order chi connectivity index (χ0) is 29.4. The monoisotopic (exact) mass is 599 g/mol. The highest BCUT2D eigenvalue weighted by molar-refractivity contribution is 7.92. The fourth-order valence-electron chi connectivity index (χ4n) is 5.11. The summed E-state index contributed by atoms with van der Waals surface area (Å²) in [6.45, 7) is -0.531. The molecule has 0 radical (unpaired) electrons. The summed E-state index contributed by atoms with van der Waals surface area (Å²) in [4.78, 5) is 29.4. The van der Waals surface area contributed by atoms with Crippen LogP contribution in [0.4, 0.5) is 10.1 Å². The lowest BCUT2D eigenvalue weighted by Gasteiger charge is -2.35. The van der Waals surface area contributed by atoms with Crippen molar-refractivity contribution < 1.29 is 22.4 Å². The van der Waals surface area contributed by atoms with E-state index in [-0.39, 0.29) is 30.6 Å². The van der Waals surface area contributed by atoms with Crippen LogP contribution >= 0.6 is 11.6 Å². The van der Waals surface area contributed by atoms with Crippen LogP contribution in [0.15, 0.2) is 78.9 Å². The van der Waals surface area contributed by atoms with Crippen molar-refractivity contribution in [3.63, 3.8) is 0 Å². The zero-order valence-corrected chi connectivity index (χ0v) is 24.6. The number of hydrogen-bond acceptors (Lipinski definition) is 4. The number of nitrogens with one attached hydrogen (secondary N) is 1. The van der Waals surface area contributed by atoms with Crippen LogP contribution in [0.25, 0.3) is 0 Å². The van der Waals surface area contributed by atoms with Gasteiger partial charge in [-0.25, -0.2) is 12.8 Å². The van der Waals surface area contributed by atoms with Crippen molar-refractivity contribution in [3.8, 4) is 0 Å². The van der Waals surface area contributed by atoms with E-state index in [2.05, 4.69) is 5.32 Å². The van der Waals surface area contributed by atoms with E-state index in [1.54, 1.807) is 24.3 Å². The van der Waals surface area contributed by atoms with E-state index in [0.29, 0.717) is 10.6 Å². The molecule has 0 heterocycles. The molecule has 3 aromatic carbocycles. The Labute approximate surface area is 246 Å². The average molecular weight is 600 g/mol. The van der Waals surface area contributed by atoms with Gasteiger partial charge in [0.25, 0.3) is 0 Å². The van der Waals surface area contributed by atoms with Gasteiger partial charge in [-0.1, -0.05) is 73.3 Å². The van der Waals surface area contributed by atoms with Crippen molar-refractivity contribution in [1.29, 1.82) is 0 Å². The second kappa shape index (κ2) is 14.0. The normalized spacial score (nSPS) is 14.7. The van der Waals surface area contributed by atoms with Crippen molar-refractivity contribution >= 4 is 39.1 Å². The molecule has 0 aromatic heterocycles. The molecule has 1 aliphatic carbocycles. The molecule has 1 fully saturated rings. The summed E-state index contributed by atoms with van der Waals surface area (Å²) in [5, 5.41) is 3.58. The fraction of sp³-hybridized carbons (Fsp3) is 0.355. The van der Waals surface area contributed by atoms with E-state index in [1.807, 2.05) is 30.3 Å². The van der Waals surface area contributed by atoms with Gasteiger partial charge in [0.1, 0.15) is 18.4 Å². The van der Waals surface area contributed by atoms with E-state index >= 15 is 0 Å². The van der Waals surface area contributed by atoms with Gasteiger partial charge in [0, 0.05) is 24.0 Å². The molecule has 1 aliphatic rings. The summed E-state index contributed by atoms with van der Waals surface area (Å²) in [6, 6.07) is 20.3. The average Bonchev–Trinajstić information content (AvgIpc) is 2.95. The smallest absolute Gasteiger partial charge is 0.244 e. The molecule has 0 spiro atoms. The van der Waals surface area contributed by atoms with E-state index in [4.69, 9.17) is 11.6 Å². The number of rotatable bonds is 11. The SMILES string of the molecule is CS(=O)(=O)N(CC(=O)N(Cc1ccc(F)cc1)[C@H](Cc1ccccc1)C(=O)NC1CCCCC1)c1ccc(Cl)cc1. The minimum atomic E-state index is -3.87. The lowest BCUT2D eigenvalue weighted by molar-refractivity contribution is -0.140. The van der Waals surface area contributed by atoms with Crippen molar-refractivity contribution in [1.82, 2.24) is 10.2 Å². The molecule has 41 heavy (non-hydrogen) atoms. The maximum absolute atomic E-state index is 14.1. The van der Waals surface area contributed by atoms with Crippen LogP contribution in [0.2, 0.25) is 5.02 Å². The van der Waals surface area contributed by atoms with Crippen LogP contribution in [-0.2, 0) is 32.6 Å². The highest BCUT2D eigenvalue weighted by atomic mass is 35.5. The Balaban J connectivity index is 1.71. The van der Waals surface area contributed by atoms with Crippen molar-refractivity contribution in [3.05, 3.63) is 101 Å². The molecule has 0 aliphatic heterocycles. The lowest BCUT2D eigenvalue weighted by atomic mass is 9.94. The number of anilines is 1. The van der Waals surface area contributed by atoms with Crippen LogP contribution in [0.3, 0.4) is 0 Å². The number of benzene rings is 3. The van der Waals surface area contributed by atoms with Crippen molar-refractivity contribution in [2.75, 3.05) is 17.1 Å². The molecule has 3 aromatic rings. The predicted molar refractivity (Wildman–Crippen MR) is 160 cm³/mol. The number of carbonyl (C=O) groups excluding carboxylic acids is 2. The maximum atomic E-state index is 14.1. The van der Waals surface area contributed by atoms with Crippen molar-refractivity contribution in [2.24, 2.45) is 0 Å². The number of amides is 2. The number of halogens is 2. The Bertz CT molecular complexity index is 1410. The number of nitrogens with zero attached hydrogens (tertiary/aromatic N) is 2. The Morgan fingerprint density at radius 3 is 2.17 bits per heavy atom. The standard InChI is InChI=1S/C31H35ClFN3O4S/c1-41(39,40)36(28-18-14-25(32)15-19-28)22-30(37)35(21-24-12-16-26(33)17-13-24)29(20-23-8-4-2-5-9-23)31(38)34-27-10-6-3-7-11-27/h2,4-5,8-9,12-19,27,29H,3,6-7,10-11,20-22H2,1H3,(H,34,38)/t29-/m1/s1. The number of hydrogen-bond donors (Lipinski definition) is 1. The van der Waals surface area contributed by atoms with Gasteiger partial charge in [-0.05, 0) is 60.4 Å². The van der Waals surface area contributed by atoms with Crippen LogP contribution in [0.1, 0.15) is 43.2 Å². The van der Waals surface area contributed by atoms with Gasteiger partial charge < -0.3 is 10.2 Å². The van der Waals surface area contributed by atoms with Crippen LogP contribution in [0.5, 0.6) is 0 Å². The van der Waals surface area contributed by atoms with Gasteiger partial charge in [0.05, 0.1) is 11.9 Å². The highest BCUT2D eigenvalue weighted by Gasteiger charge is 2.34. The summed E-state index contributed by atoms with van der Waals surface area (Å²) >= 11 is 6.01. The van der Waals surface area contributed by atoms with E-state index in [0.717, 1.165) is 48.2 Å². The summed E-state index contributed by atoms with van der Waals surface area (Å²) < 4.78 is 40.4. The summed E-state index contributed by atoms with van der Waals surface area (Å²) in [7, 11) is -3.87. The van der Waals surface area contributed by atoms with Gasteiger partial charge in [-0.15, -0.1) is 0 Å². The first-order chi connectivity index (χ1) is 19.6. The van der Waals surface area contributed by atoms with Gasteiger partial charge in [-0.3, -0.25) is 13.9 Å². The van der Waals surface area contributed by atoms with Gasteiger partial charge in [0.2, 0.25) is 21.8 Å². The molecule has 0 saturated heterocycles. The maximum Gasteiger partial charge on any atom is 0.244 e. The number of carbonyl (C=O) groups is 2. The molecule has 1 N–H and O–H groups in total. The Kier molecular flexibility index (Phi) is 10.4. The van der Waals surface area contributed by atoms with Crippen LogP contribution < -0.4 is 9.62 Å². The van der Waals surface area contributed by atoms with Gasteiger partial charge >= 0.3 is 0 Å². The van der Waals surface area contributed by atoms with Gasteiger partial charge in [-0.2, -0.15) is 0 Å². The number of sulfonamides is 1. The molecule has 10 heteroatoms. The molecule has 7 nitrogen and oxygen atoms in total. The molecule has 0 unspecified atom stereocenters. The Hall–Kier alpha value is -3.43. The first-order valence-corrected chi connectivity index (χ1v) is 15.9. The summed E-state index contributed by atoms with van der Waals surface area (Å²) in [5.41, 5.74) is 1.74. The minimum absolute atomic E-state index is 0.00702. The van der Waals surface area contributed by atoms with Crippen LogP contribution in [-0.4, -0.2) is 50.0 Å². The molecule has 2 amide bonds. The molecule has 4 rings (SSSR count). The zero-order valence-electron chi connectivity index (χ0n) is 23.0. The molecule has 0 bridgehead atoms. The third kappa shape index (κ3) is 8.78. The second-order valence-corrected chi connectivity index (χ2v) is 12.8. The summed E-state index contributed by atoms with van der Waals surface area (Å²) in [5.74, 6) is -1.28. The largest absolute Gasteiger partial charge is 0.352 e. The lowest BCUT2D eigenvalue weighted by Crippen LogP contribution is -2.55. The second-order valence-electron chi connectivity index (χ2n) is 10.4. The topological polar surface area (TPSA) is 86.8 Å². The summed E-state index contributed by atoms with van der Waals surface area (Å²) in [6.07, 6.45) is 6.17. The fourth-order valence-corrected chi connectivity index (χ4v) is 6.08. The van der Waals surface area contributed by atoms with E-state index in [9.17, 15) is 22.4 Å². The molecular weight excluding hydrogens is 565 g/mol. The van der Waals surface area contributed by atoms with E-state index < -0.39 is 34.3 Å². The molecule has 1 atom stereocenters. The molecular formula is C31H35ClFN3O4S. The van der Waals surface area contributed by atoms with E-state index in [1.165, 1.54) is 29.2 Å². The quantitative estimate of drug-likeness (QED) is 0.323. The first-order valence-electron chi connectivity index (χ1n) is 13.7. The molecule has 1 saturated carbocycles. The third-order valence-corrected chi connectivity index (χ3v) is 8.68. The Morgan fingerprint density at radius 1 is 0.927 bits per heavy atom. The Morgan fingerprint density at radius 2 is 1.56 bits per heavy atom. The first kappa shape index (κ1) is 30.5. The molecule has 218 valence electrons. The third-order valence-electron chi connectivity index (χ3n) is 7.28. The van der Waals surface area contributed by atoms with Crippen LogP contribution in [0, 0.1) is 5.82 Å².